The molecule has 2 aromatic carbocycles. The predicted molar refractivity (Wildman–Crippen MR) is 89.3 cm³/mol. The Morgan fingerprint density at radius 2 is 1.48 bits per heavy atom. The van der Waals surface area contributed by atoms with Gasteiger partial charge in [0.25, 0.3) is 0 Å². The number of rotatable bonds is 4. The molecular formula is C19H16N2. The standard InChI is InChI=1S/C19H16N2/c1-2-8-16(9-3-1)13-14-17-10-4-5-11-18(17)21-19-12-6-7-15-20-19/h1-15H,(H,20,21)/b14-13+. The van der Waals surface area contributed by atoms with Gasteiger partial charge in [-0.15, -0.1) is 0 Å². The number of para-hydroxylation sites is 1. The van der Waals surface area contributed by atoms with Crippen molar-refractivity contribution in [1.29, 1.82) is 0 Å². The van der Waals surface area contributed by atoms with Crippen molar-refractivity contribution in [3.05, 3.63) is 90.1 Å². The van der Waals surface area contributed by atoms with Gasteiger partial charge in [0.05, 0.1) is 0 Å². The van der Waals surface area contributed by atoms with Crippen LogP contribution < -0.4 is 5.32 Å². The minimum atomic E-state index is 0.845. The number of pyridine rings is 1. The second-order valence-corrected chi connectivity index (χ2v) is 4.67. The highest BCUT2D eigenvalue weighted by molar-refractivity contribution is 5.78. The molecule has 0 atom stereocenters. The molecule has 0 saturated carbocycles. The van der Waals surface area contributed by atoms with Gasteiger partial charge in [-0.1, -0.05) is 66.7 Å². The van der Waals surface area contributed by atoms with Crippen LogP contribution in [0.4, 0.5) is 11.5 Å². The molecule has 3 aromatic rings. The SMILES string of the molecule is C(=C\c1ccccc1Nc1ccccn1)/c1ccccc1. The number of nitrogens with zero attached hydrogens (tertiary/aromatic N) is 1. The van der Waals surface area contributed by atoms with Crippen LogP contribution in [-0.2, 0) is 0 Å². The fourth-order valence-corrected chi connectivity index (χ4v) is 2.08. The van der Waals surface area contributed by atoms with Gasteiger partial charge in [-0.2, -0.15) is 0 Å². The fourth-order valence-electron chi connectivity index (χ4n) is 2.08. The summed E-state index contributed by atoms with van der Waals surface area (Å²) in [6.07, 6.45) is 6.00. The van der Waals surface area contributed by atoms with Gasteiger partial charge < -0.3 is 5.32 Å². The van der Waals surface area contributed by atoms with Crippen LogP contribution in [0, 0.1) is 0 Å². The second-order valence-electron chi connectivity index (χ2n) is 4.67. The van der Waals surface area contributed by atoms with Gasteiger partial charge in [-0.05, 0) is 29.3 Å². The average molecular weight is 272 g/mol. The van der Waals surface area contributed by atoms with Crippen LogP contribution in [0.1, 0.15) is 11.1 Å². The first-order valence-electron chi connectivity index (χ1n) is 6.92. The van der Waals surface area contributed by atoms with Crippen LogP contribution in [0.5, 0.6) is 0 Å². The Balaban J connectivity index is 1.84. The molecule has 0 aliphatic heterocycles. The van der Waals surface area contributed by atoms with E-state index in [0.717, 1.165) is 17.1 Å². The molecule has 0 fully saturated rings. The maximum Gasteiger partial charge on any atom is 0.130 e. The number of aromatic nitrogens is 1. The number of hydrogen-bond donors (Lipinski definition) is 1. The Kier molecular flexibility index (Phi) is 4.08. The topological polar surface area (TPSA) is 24.9 Å². The van der Waals surface area contributed by atoms with Crippen molar-refractivity contribution in [3.8, 4) is 0 Å². The third-order valence-electron chi connectivity index (χ3n) is 3.14. The number of anilines is 2. The normalized spacial score (nSPS) is 10.7. The molecule has 21 heavy (non-hydrogen) atoms. The Labute approximate surface area is 124 Å². The van der Waals surface area contributed by atoms with E-state index in [-0.39, 0.29) is 0 Å². The van der Waals surface area contributed by atoms with Gasteiger partial charge >= 0.3 is 0 Å². The third kappa shape index (κ3) is 3.57. The van der Waals surface area contributed by atoms with Crippen molar-refractivity contribution in [1.82, 2.24) is 4.98 Å². The van der Waals surface area contributed by atoms with E-state index in [4.69, 9.17) is 0 Å². The number of hydrogen-bond acceptors (Lipinski definition) is 2. The van der Waals surface area contributed by atoms with Gasteiger partial charge in [0, 0.05) is 11.9 Å². The molecule has 0 unspecified atom stereocenters. The molecule has 0 bridgehead atoms. The molecule has 1 aromatic heterocycles. The van der Waals surface area contributed by atoms with E-state index < -0.39 is 0 Å². The lowest BCUT2D eigenvalue weighted by molar-refractivity contribution is 1.31. The first-order chi connectivity index (χ1) is 10.4. The summed E-state index contributed by atoms with van der Waals surface area (Å²) in [4.78, 5) is 4.30. The van der Waals surface area contributed by atoms with E-state index in [2.05, 4.69) is 46.7 Å². The molecule has 2 heteroatoms. The van der Waals surface area contributed by atoms with Gasteiger partial charge in [-0.25, -0.2) is 4.98 Å². The minimum Gasteiger partial charge on any atom is -0.340 e. The van der Waals surface area contributed by atoms with Gasteiger partial charge in [-0.3, -0.25) is 0 Å². The Morgan fingerprint density at radius 3 is 2.29 bits per heavy atom. The summed E-state index contributed by atoms with van der Waals surface area (Å²) < 4.78 is 0. The molecular weight excluding hydrogens is 256 g/mol. The zero-order valence-electron chi connectivity index (χ0n) is 11.6. The highest BCUT2D eigenvalue weighted by atomic mass is 15.0. The predicted octanol–water partition coefficient (Wildman–Crippen LogP) is 5.00. The molecule has 1 N–H and O–H groups in total. The molecule has 0 aliphatic rings. The number of benzene rings is 2. The van der Waals surface area contributed by atoms with Gasteiger partial charge in [0.15, 0.2) is 0 Å². The summed E-state index contributed by atoms with van der Waals surface area (Å²) in [5, 5.41) is 3.35. The van der Waals surface area contributed by atoms with Crippen molar-refractivity contribution >= 4 is 23.7 Å². The van der Waals surface area contributed by atoms with E-state index in [1.54, 1.807) is 6.20 Å². The quantitative estimate of drug-likeness (QED) is 0.676. The minimum absolute atomic E-state index is 0.845. The van der Waals surface area contributed by atoms with Crippen LogP contribution in [0.2, 0.25) is 0 Å². The Bertz CT molecular complexity index is 719. The van der Waals surface area contributed by atoms with E-state index in [0.29, 0.717) is 0 Å². The number of nitrogens with one attached hydrogen (secondary N) is 1. The van der Waals surface area contributed by atoms with Crippen LogP contribution in [0.15, 0.2) is 79.0 Å². The monoisotopic (exact) mass is 272 g/mol. The smallest absolute Gasteiger partial charge is 0.130 e. The fraction of sp³-hybridized carbons (Fsp3) is 0. The summed E-state index contributed by atoms with van der Waals surface area (Å²) in [7, 11) is 0. The lowest BCUT2D eigenvalue weighted by Gasteiger charge is -2.08. The second kappa shape index (κ2) is 6.53. The third-order valence-corrected chi connectivity index (χ3v) is 3.14. The van der Waals surface area contributed by atoms with E-state index >= 15 is 0 Å². The molecule has 0 aliphatic carbocycles. The van der Waals surface area contributed by atoms with Crippen LogP contribution in [-0.4, -0.2) is 4.98 Å². The molecule has 2 nitrogen and oxygen atoms in total. The maximum atomic E-state index is 4.30. The van der Waals surface area contributed by atoms with Gasteiger partial charge in [0.2, 0.25) is 0 Å². The van der Waals surface area contributed by atoms with Crippen LogP contribution >= 0.6 is 0 Å². The first-order valence-corrected chi connectivity index (χ1v) is 6.92. The highest BCUT2D eigenvalue weighted by Gasteiger charge is 1.99. The lowest BCUT2D eigenvalue weighted by atomic mass is 10.1. The van der Waals surface area contributed by atoms with Crippen molar-refractivity contribution in [2.45, 2.75) is 0 Å². The van der Waals surface area contributed by atoms with Crippen molar-refractivity contribution in [2.75, 3.05) is 5.32 Å². The summed E-state index contributed by atoms with van der Waals surface area (Å²) in [6.45, 7) is 0. The molecule has 0 saturated heterocycles. The highest BCUT2D eigenvalue weighted by Crippen LogP contribution is 2.21. The molecule has 0 amide bonds. The van der Waals surface area contributed by atoms with Crippen LogP contribution in [0.25, 0.3) is 12.2 Å². The Morgan fingerprint density at radius 1 is 0.714 bits per heavy atom. The Hall–Kier alpha value is -2.87. The molecule has 1 heterocycles. The van der Waals surface area contributed by atoms with Gasteiger partial charge in [0.1, 0.15) is 5.82 Å². The van der Waals surface area contributed by atoms with E-state index in [1.807, 2.05) is 48.5 Å². The molecule has 3 rings (SSSR count). The first kappa shape index (κ1) is 13.1. The van der Waals surface area contributed by atoms with Crippen LogP contribution in [0.3, 0.4) is 0 Å². The average Bonchev–Trinajstić information content (AvgIpc) is 2.56. The van der Waals surface area contributed by atoms with Crippen molar-refractivity contribution in [3.63, 3.8) is 0 Å². The van der Waals surface area contributed by atoms with E-state index in [1.165, 1.54) is 5.56 Å². The summed E-state index contributed by atoms with van der Waals surface area (Å²) in [5.41, 5.74) is 3.36. The summed E-state index contributed by atoms with van der Waals surface area (Å²) >= 11 is 0. The maximum absolute atomic E-state index is 4.30. The summed E-state index contributed by atoms with van der Waals surface area (Å²) in [6, 6.07) is 24.3. The van der Waals surface area contributed by atoms with Crippen molar-refractivity contribution < 1.29 is 0 Å². The summed E-state index contributed by atoms with van der Waals surface area (Å²) in [5.74, 6) is 0.845. The molecule has 102 valence electrons. The molecule has 0 spiro atoms. The zero-order chi connectivity index (χ0) is 14.3. The lowest BCUT2D eigenvalue weighted by Crippen LogP contribution is -1.94. The van der Waals surface area contributed by atoms with E-state index in [9.17, 15) is 0 Å². The zero-order valence-corrected chi connectivity index (χ0v) is 11.6. The van der Waals surface area contributed by atoms with Crippen molar-refractivity contribution in [2.24, 2.45) is 0 Å². The largest absolute Gasteiger partial charge is 0.340 e. The molecule has 0 radical (unpaired) electrons.